The molecule has 0 saturated heterocycles. The van der Waals surface area contributed by atoms with Crippen LogP contribution < -0.4 is 0 Å². The van der Waals surface area contributed by atoms with Gasteiger partial charge in [-0.25, -0.2) is 0 Å². The lowest BCUT2D eigenvalue weighted by molar-refractivity contribution is 0.00304. The van der Waals surface area contributed by atoms with Gasteiger partial charge in [-0.2, -0.15) is 0 Å². The summed E-state index contributed by atoms with van der Waals surface area (Å²) in [7, 11) is 0. The van der Waals surface area contributed by atoms with Crippen LogP contribution in [0.25, 0.3) is 0 Å². The fourth-order valence-electron chi connectivity index (χ4n) is 0.870. The van der Waals surface area contributed by atoms with Gasteiger partial charge in [0.1, 0.15) is 0 Å². The molecule has 0 fully saturated rings. The van der Waals surface area contributed by atoms with Crippen LogP contribution in [-0.2, 0) is 0 Å². The van der Waals surface area contributed by atoms with Crippen LogP contribution in [0.3, 0.4) is 0 Å². The van der Waals surface area contributed by atoms with E-state index < -0.39 is 5.41 Å². The summed E-state index contributed by atoms with van der Waals surface area (Å²) in [6, 6.07) is 12.0. The second kappa shape index (κ2) is 8.41. The second-order valence-corrected chi connectivity index (χ2v) is 3.48. The van der Waals surface area contributed by atoms with Gasteiger partial charge in [-0.1, -0.05) is 43.3 Å². The standard InChI is InChI=1S/C6H14O3.C6H6/c1-2-6(3-7,4-8)5-9;1-2-4-6-5-3-1/h7-9H,2-5H2,1H3;1-6H. The van der Waals surface area contributed by atoms with Crippen LogP contribution in [0.5, 0.6) is 0 Å². The third-order valence-electron chi connectivity index (χ3n) is 2.42. The summed E-state index contributed by atoms with van der Waals surface area (Å²) in [5.41, 5.74) is -0.667. The molecule has 15 heavy (non-hydrogen) atoms. The van der Waals surface area contributed by atoms with Crippen LogP contribution >= 0.6 is 0 Å². The van der Waals surface area contributed by atoms with Crippen LogP contribution in [-0.4, -0.2) is 35.1 Å². The zero-order valence-electron chi connectivity index (χ0n) is 9.13. The molecule has 1 aromatic rings. The van der Waals surface area contributed by atoms with E-state index in [4.69, 9.17) is 15.3 Å². The summed E-state index contributed by atoms with van der Waals surface area (Å²) in [6.45, 7) is 1.35. The maximum Gasteiger partial charge on any atom is 0.0531 e. The Morgan fingerprint density at radius 3 is 1.07 bits per heavy atom. The molecule has 1 rings (SSSR count). The molecule has 0 radical (unpaired) electrons. The summed E-state index contributed by atoms with van der Waals surface area (Å²) < 4.78 is 0. The van der Waals surface area contributed by atoms with E-state index in [0.29, 0.717) is 6.42 Å². The number of aliphatic hydroxyl groups excluding tert-OH is 3. The van der Waals surface area contributed by atoms with Gasteiger partial charge in [-0.15, -0.1) is 0 Å². The van der Waals surface area contributed by atoms with Gasteiger partial charge in [0.15, 0.2) is 0 Å². The minimum absolute atomic E-state index is 0.156. The zero-order valence-corrected chi connectivity index (χ0v) is 9.13. The monoisotopic (exact) mass is 212 g/mol. The normalized spacial score (nSPS) is 10.4. The maximum absolute atomic E-state index is 8.66. The topological polar surface area (TPSA) is 60.7 Å². The van der Waals surface area contributed by atoms with Crippen LogP contribution in [0.15, 0.2) is 36.4 Å². The van der Waals surface area contributed by atoms with Crippen molar-refractivity contribution in [3.05, 3.63) is 36.4 Å². The average molecular weight is 212 g/mol. The molecular weight excluding hydrogens is 192 g/mol. The first-order chi connectivity index (χ1) is 7.24. The SMILES string of the molecule is CCC(CO)(CO)CO.c1ccccc1. The number of benzene rings is 1. The molecule has 0 atom stereocenters. The van der Waals surface area contributed by atoms with Gasteiger partial charge in [0.25, 0.3) is 0 Å². The van der Waals surface area contributed by atoms with Crippen molar-refractivity contribution in [2.45, 2.75) is 13.3 Å². The molecule has 0 aliphatic rings. The van der Waals surface area contributed by atoms with Gasteiger partial charge in [0.05, 0.1) is 19.8 Å². The lowest BCUT2D eigenvalue weighted by atomic mass is 9.88. The Hall–Kier alpha value is -0.900. The van der Waals surface area contributed by atoms with Gasteiger partial charge < -0.3 is 15.3 Å². The van der Waals surface area contributed by atoms with E-state index in [9.17, 15) is 0 Å². The third-order valence-corrected chi connectivity index (χ3v) is 2.42. The molecule has 0 aliphatic carbocycles. The van der Waals surface area contributed by atoms with Gasteiger partial charge in [0, 0.05) is 5.41 Å². The Bertz CT molecular complexity index is 175. The Morgan fingerprint density at radius 2 is 1.00 bits per heavy atom. The molecule has 0 heterocycles. The molecule has 0 spiro atoms. The summed E-state index contributed by atoms with van der Waals surface area (Å²) >= 11 is 0. The number of hydrogen-bond donors (Lipinski definition) is 3. The van der Waals surface area contributed by atoms with Crippen molar-refractivity contribution in [2.24, 2.45) is 5.41 Å². The Balaban J connectivity index is 0.000000280. The van der Waals surface area contributed by atoms with E-state index in [2.05, 4.69) is 0 Å². The molecular formula is C12H20O3. The van der Waals surface area contributed by atoms with Crippen molar-refractivity contribution in [3.8, 4) is 0 Å². The average Bonchev–Trinajstić information content (AvgIpc) is 2.36. The smallest absolute Gasteiger partial charge is 0.0531 e. The Labute approximate surface area is 91.0 Å². The van der Waals surface area contributed by atoms with Crippen LogP contribution in [0.1, 0.15) is 13.3 Å². The molecule has 3 nitrogen and oxygen atoms in total. The largest absolute Gasteiger partial charge is 0.396 e. The van der Waals surface area contributed by atoms with E-state index in [0.717, 1.165) is 0 Å². The van der Waals surface area contributed by atoms with E-state index in [1.165, 1.54) is 0 Å². The molecule has 0 aliphatic heterocycles. The summed E-state index contributed by atoms with van der Waals surface area (Å²) in [5, 5.41) is 26.0. The fraction of sp³-hybridized carbons (Fsp3) is 0.500. The van der Waals surface area contributed by atoms with Crippen molar-refractivity contribution >= 4 is 0 Å². The molecule has 3 N–H and O–H groups in total. The third kappa shape index (κ3) is 5.52. The van der Waals surface area contributed by atoms with Crippen LogP contribution in [0.4, 0.5) is 0 Å². The molecule has 0 amide bonds. The maximum atomic E-state index is 8.66. The quantitative estimate of drug-likeness (QED) is 0.699. The highest BCUT2D eigenvalue weighted by atomic mass is 16.3. The molecule has 0 saturated carbocycles. The lowest BCUT2D eigenvalue weighted by Crippen LogP contribution is -2.32. The van der Waals surface area contributed by atoms with Crippen LogP contribution in [0.2, 0.25) is 0 Å². The Kier molecular flexibility index (Phi) is 7.91. The van der Waals surface area contributed by atoms with Crippen molar-refractivity contribution in [1.29, 1.82) is 0 Å². The van der Waals surface area contributed by atoms with E-state index in [-0.39, 0.29) is 19.8 Å². The van der Waals surface area contributed by atoms with Crippen molar-refractivity contribution in [1.82, 2.24) is 0 Å². The predicted octanol–water partition coefficient (Wildman–Crippen LogP) is 1.05. The first-order valence-electron chi connectivity index (χ1n) is 5.07. The molecule has 86 valence electrons. The van der Waals surface area contributed by atoms with Crippen molar-refractivity contribution in [3.63, 3.8) is 0 Å². The van der Waals surface area contributed by atoms with Crippen molar-refractivity contribution < 1.29 is 15.3 Å². The number of rotatable bonds is 4. The lowest BCUT2D eigenvalue weighted by Gasteiger charge is -2.24. The van der Waals surface area contributed by atoms with E-state index in [1.54, 1.807) is 0 Å². The minimum atomic E-state index is -0.667. The van der Waals surface area contributed by atoms with E-state index >= 15 is 0 Å². The first-order valence-corrected chi connectivity index (χ1v) is 5.07. The summed E-state index contributed by atoms with van der Waals surface area (Å²) in [4.78, 5) is 0. The zero-order chi connectivity index (χ0) is 11.6. The fourth-order valence-corrected chi connectivity index (χ4v) is 0.870. The second-order valence-electron chi connectivity index (χ2n) is 3.48. The molecule has 0 unspecified atom stereocenters. The summed E-state index contributed by atoms with van der Waals surface area (Å²) in [5.74, 6) is 0. The predicted molar refractivity (Wildman–Crippen MR) is 60.4 cm³/mol. The molecule has 0 aromatic heterocycles. The van der Waals surface area contributed by atoms with E-state index in [1.807, 2.05) is 43.3 Å². The van der Waals surface area contributed by atoms with Crippen molar-refractivity contribution in [2.75, 3.05) is 19.8 Å². The van der Waals surface area contributed by atoms with Gasteiger partial charge in [-0.05, 0) is 6.42 Å². The molecule has 0 bridgehead atoms. The highest BCUT2D eigenvalue weighted by molar-refractivity contribution is 4.99. The first kappa shape index (κ1) is 14.1. The van der Waals surface area contributed by atoms with Gasteiger partial charge in [-0.3, -0.25) is 0 Å². The summed E-state index contributed by atoms with van der Waals surface area (Å²) in [6.07, 6.45) is 0.594. The van der Waals surface area contributed by atoms with Crippen LogP contribution in [0, 0.1) is 5.41 Å². The minimum Gasteiger partial charge on any atom is -0.396 e. The Morgan fingerprint density at radius 1 is 0.733 bits per heavy atom. The molecule has 1 aromatic carbocycles. The van der Waals surface area contributed by atoms with Gasteiger partial charge in [0.2, 0.25) is 0 Å². The van der Waals surface area contributed by atoms with Gasteiger partial charge >= 0.3 is 0 Å². The number of hydrogen-bond acceptors (Lipinski definition) is 3. The highest BCUT2D eigenvalue weighted by Gasteiger charge is 2.24. The highest BCUT2D eigenvalue weighted by Crippen LogP contribution is 2.18. The number of aliphatic hydroxyl groups is 3. The molecule has 3 heteroatoms.